The number of hydrogen-bond acceptors (Lipinski definition) is 16. The van der Waals surface area contributed by atoms with Crippen molar-refractivity contribution in [2.45, 2.75) is 141 Å². The van der Waals surface area contributed by atoms with Crippen molar-refractivity contribution in [2.24, 2.45) is 28.8 Å². The number of aromatic nitrogens is 2. The average Bonchev–Trinajstić information content (AvgIpc) is 3.21. The van der Waals surface area contributed by atoms with Crippen molar-refractivity contribution < 1.29 is 53.4 Å². The first-order valence-corrected chi connectivity index (χ1v) is 20.7. The average molecular weight is 828 g/mol. The first-order valence-electron chi connectivity index (χ1n) is 20.7. The predicted octanol–water partition coefficient (Wildman–Crippen LogP) is 3.53. The smallest absolute Gasteiger partial charge is 0.316 e. The Labute approximate surface area is 347 Å². The number of ketones is 1. The Hall–Kier alpha value is -3.61. The van der Waals surface area contributed by atoms with E-state index in [4.69, 9.17) is 34.3 Å². The molecule has 2 bridgehead atoms. The molecule has 3 aliphatic heterocycles. The molecule has 328 valence electrons. The highest BCUT2D eigenvalue weighted by Crippen LogP contribution is 2.40. The normalized spacial score (nSPS) is 38.6. The molecular weight excluding hydrogens is 762 g/mol. The van der Waals surface area contributed by atoms with E-state index in [9.17, 15) is 24.9 Å². The fraction of sp³-hybridized carbons (Fsp3) is 0.698. The van der Waals surface area contributed by atoms with Gasteiger partial charge in [-0.05, 0) is 91.2 Å². The van der Waals surface area contributed by atoms with Crippen LogP contribution in [0.15, 0.2) is 41.6 Å². The molecule has 3 fully saturated rings. The molecular formula is C43H65N5O11. The lowest BCUT2D eigenvalue weighted by Crippen LogP contribution is -2.60. The molecule has 0 aromatic carbocycles. The van der Waals surface area contributed by atoms with E-state index in [1.54, 1.807) is 52.0 Å². The molecule has 5 rings (SSSR count). The number of anilines is 1. The number of nitrogen functional groups attached to an aromatic ring is 1. The Morgan fingerprint density at radius 1 is 0.983 bits per heavy atom. The quantitative estimate of drug-likeness (QED) is 0.170. The largest absolute Gasteiger partial charge is 0.459 e. The molecule has 2 aromatic rings. The summed E-state index contributed by atoms with van der Waals surface area (Å²) in [7, 11) is 3.73. The summed E-state index contributed by atoms with van der Waals surface area (Å²) in [5, 5.41) is 40.3. The van der Waals surface area contributed by atoms with Crippen LogP contribution >= 0.6 is 0 Å². The standard InChI is InChI=1S/C43H65N5O11/c1-11-33-43(8,53)39-25(4)35(49)23(2)19-42(7,38(26(5)36(50)27(6)40(52)58-33)59-41-37(51)32(48(9)10)18-24(3)57-41)55-21-29(20-54-39)47-56-22-28-14-12-15-30(45-28)31-16-13-17-34(44)46-31/h12-17,23-27,32-33,35,37-39,41,49,51,53H,11,18-22H2,1-10H3,(H2,44,46)/b47-29+/t23-,24-,25+,26+,27-,32+,33-,35+,37-,38-,39?,41-,42-,43-/m1/s1. The number of fused-ring (bicyclic) bond motifs is 5. The van der Waals surface area contributed by atoms with Gasteiger partial charge >= 0.3 is 5.97 Å². The lowest BCUT2D eigenvalue weighted by molar-refractivity contribution is -0.297. The Morgan fingerprint density at radius 3 is 2.32 bits per heavy atom. The van der Waals surface area contributed by atoms with Gasteiger partial charge in [-0.25, -0.2) is 9.97 Å². The lowest BCUT2D eigenvalue weighted by Gasteiger charge is -2.48. The monoisotopic (exact) mass is 827 g/mol. The number of oxime groups is 1. The van der Waals surface area contributed by atoms with E-state index >= 15 is 0 Å². The summed E-state index contributed by atoms with van der Waals surface area (Å²) >= 11 is 0. The van der Waals surface area contributed by atoms with E-state index < -0.39 is 83.4 Å². The van der Waals surface area contributed by atoms with Crippen LogP contribution in [0.5, 0.6) is 0 Å². The van der Waals surface area contributed by atoms with E-state index in [1.165, 1.54) is 13.8 Å². The molecule has 5 N–H and O–H groups in total. The summed E-state index contributed by atoms with van der Waals surface area (Å²) in [5.41, 5.74) is 4.73. The molecule has 0 spiro atoms. The third-order valence-electron chi connectivity index (χ3n) is 12.3. The maximum atomic E-state index is 14.4. The molecule has 16 heteroatoms. The number of Topliss-reactive ketones (excluding diaryl/α,β-unsaturated/α-hetero) is 1. The Kier molecular flexibility index (Phi) is 15.3. The van der Waals surface area contributed by atoms with E-state index in [2.05, 4.69) is 15.1 Å². The third-order valence-corrected chi connectivity index (χ3v) is 12.3. The van der Waals surface area contributed by atoms with Crippen LogP contribution in [0.3, 0.4) is 0 Å². The molecule has 3 aliphatic rings. The predicted molar refractivity (Wildman–Crippen MR) is 219 cm³/mol. The van der Waals surface area contributed by atoms with Crippen LogP contribution in [0.1, 0.15) is 80.3 Å². The van der Waals surface area contributed by atoms with Gasteiger partial charge in [0.25, 0.3) is 0 Å². The lowest BCUT2D eigenvalue weighted by atomic mass is 9.73. The maximum Gasteiger partial charge on any atom is 0.316 e. The zero-order chi connectivity index (χ0) is 43.4. The molecule has 2 aromatic heterocycles. The van der Waals surface area contributed by atoms with Crippen LogP contribution in [-0.4, -0.2) is 135 Å². The molecule has 0 aliphatic carbocycles. The zero-order valence-corrected chi connectivity index (χ0v) is 36.1. The minimum absolute atomic E-state index is 0.0324. The highest BCUT2D eigenvalue weighted by atomic mass is 16.7. The van der Waals surface area contributed by atoms with Crippen LogP contribution in [0.25, 0.3) is 11.4 Å². The van der Waals surface area contributed by atoms with Gasteiger partial charge < -0.3 is 54.5 Å². The number of aliphatic hydroxyl groups excluding tert-OH is 2. The number of esters is 1. The SMILES string of the molecule is CC[C@H]1OC(=O)[C@H](C)C(=O)[C@H](C)[C@@H](O[C@H]2O[C@H](C)C[C@H](N(C)C)[C@H]2O)[C@@]2(C)C[C@@H](C)[C@H](O)[C@H](C)C(OC/C(=N\OCc3cccc(-c4cccc(N)n4)n3)CO2)[C@]1(C)O. The van der Waals surface area contributed by atoms with Gasteiger partial charge in [-0.1, -0.05) is 45.0 Å². The first kappa shape index (κ1) is 46.5. The van der Waals surface area contributed by atoms with E-state index in [1.807, 2.05) is 45.0 Å². The van der Waals surface area contributed by atoms with Gasteiger partial charge in [-0.15, -0.1) is 0 Å². The number of cyclic esters (lactones) is 1. The summed E-state index contributed by atoms with van der Waals surface area (Å²) in [4.78, 5) is 45.0. The second-order valence-corrected chi connectivity index (χ2v) is 17.4. The number of carbonyl (C=O) groups is 2. The fourth-order valence-corrected chi connectivity index (χ4v) is 8.87. The minimum atomic E-state index is -1.83. The van der Waals surface area contributed by atoms with Crippen LogP contribution in [-0.2, 0) is 44.7 Å². The summed E-state index contributed by atoms with van der Waals surface area (Å²) in [6.07, 6.45) is -6.08. The first-order chi connectivity index (χ1) is 27.8. The summed E-state index contributed by atoms with van der Waals surface area (Å²) in [5.74, 6) is -4.44. The number of nitrogens with two attached hydrogens (primary N) is 1. The van der Waals surface area contributed by atoms with Crippen molar-refractivity contribution in [1.82, 2.24) is 14.9 Å². The Balaban J connectivity index is 1.58. The van der Waals surface area contributed by atoms with Crippen LogP contribution in [0.2, 0.25) is 0 Å². The van der Waals surface area contributed by atoms with Gasteiger partial charge in [0.15, 0.2) is 18.7 Å². The molecule has 0 amide bonds. The topological polar surface area (TPSA) is 218 Å². The zero-order valence-electron chi connectivity index (χ0n) is 36.1. The number of ether oxygens (including phenoxy) is 5. The van der Waals surface area contributed by atoms with Gasteiger partial charge in [-0.3, -0.25) is 9.59 Å². The third kappa shape index (κ3) is 10.7. The van der Waals surface area contributed by atoms with Crippen molar-refractivity contribution in [3.05, 3.63) is 42.1 Å². The van der Waals surface area contributed by atoms with Crippen molar-refractivity contribution in [3.8, 4) is 11.4 Å². The molecule has 0 saturated carbocycles. The summed E-state index contributed by atoms with van der Waals surface area (Å²) in [6, 6.07) is 10.4. The van der Waals surface area contributed by atoms with Crippen LogP contribution in [0.4, 0.5) is 5.82 Å². The van der Waals surface area contributed by atoms with E-state index in [0.29, 0.717) is 29.3 Å². The molecule has 0 radical (unpaired) electrons. The molecule has 59 heavy (non-hydrogen) atoms. The number of aliphatic hydroxyl groups is 3. The summed E-state index contributed by atoms with van der Waals surface area (Å²) < 4.78 is 32.2. The Bertz CT molecular complexity index is 1780. The highest BCUT2D eigenvalue weighted by molar-refractivity contribution is 6.00. The van der Waals surface area contributed by atoms with Crippen LogP contribution in [0, 0.1) is 23.7 Å². The molecule has 3 saturated heterocycles. The second kappa shape index (κ2) is 19.4. The molecule has 16 nitrogen and oxygen atoms in total. The van der Waals surface area contributed by atoms with Crippen LogP contribution < -0.4 is 5.73 Å². The number of nitrogens with zero attached hydrogens (tertiary/aromatic N) is 4. The van der Waals surface area contributed by atoms with Gasteiger partial charge in [0.1, 0.15) is 35.3 Å². The minimum Gasteiger partial charge on any atom is -0.459 e. The number of hydrogen-bond donors (Lipinski definition) is 4. The number of carbonyl (C=O) groups excluding carboxylic acids is 2. The fourth-order valence-electron chi connectivity index (χ4n) is 8.87. The van der Waals surface area contributed by atoms with Crippen molar-refractivity contribution >= 4 is 23.3 Å². The van der Waals surface area contributed by atoms with Crippen molar-refractivity contribution in [2.75, 3.05) is 33.0 Å². The van der Waals surface area contributed by atoms with E-state index in [-0.39, 0.29) is 50.5 Å². The molecule has 14 atom stereocenters. The van der Waals surface area contributed by atoms with Crippen molar-refractivity contribution in [1.29, 1.82) is 0 Å². The van der Waals surface area contributed by atoms with E-state index in [0.717, 1.165) is 0 Å². The number of likely N-dealkylation sites (N-methyl/N-ethyl adjacent to an activating group) is 1. The molecule has 1 unspecified atom stereocenters. The number of rotatable bonds is 8. The van der Waals surface area contributed by atoms with Gasteiger partial charge in [-0.2, -0.15) is 0 Å². The van der Waals surface area contributed by atoms with Gasteiger partial charge in [0.2, 0.25) is 0 Å². The van der Waals surface area contributed by atoms with Gasteiger partial charge in [0, 0.05) is 17.9 Å². The van der Waals surface area contributed by atoms with Gasteiger partial charge in [0.05, 0.1) is 60.3 Å². The van der Waals surface area contributed by atoms with Crippen molar-refractivity contribution in [3.63, 3.8) is 0 Å². The second-order valence-electron chi connectivity index (χ2n) is 17.4. The summed E-state index contributed by atoms with van der Waals surface area (Å²) in [6.45, 7) is 13.3. The Morgan fingerprint density at radius 2 is 1.66 bits per heavy atom. The number of pyridine rings is 2. The highest BCUT2D eigenvalue weighted by Gasteiger charge is 2.53. The molecule has 5 heterocycles. The maximum absolute atomic E-state index is 14.4.